The number of aliphatic hydroxyl groups is 1. The minimum absolute atomic E-state index is 0.127. The molecule has 1 saturated carbocycles. The van der Waals surface area contributed by atoms with Crippen LogP contribution in [0.1, 0.15) is 35.1 Å². The first kappa shape index (κ1) is 26.6. The number of hydrogen-bond donors (Lipinski definition) is 3. The molecule has 0 saturated heterocycles. The fourth-order valence-electron chi connectivity index (χ4n) is 3.33. The zero-order valence-electron chi connectivity index (χ0n) is 17.7. The Bertz CT molecular complexity index is 1080. The van der Waals surface area contributed by atoms with Gasteiger partial charge in [0, 0.05) is 18.2 Å². The predicted molar refractivity (Wildman–Crippen MR) is 106 cm³/mol. The molecule has 0 aliphatic heterocycles. The Morgan fingerprint density at radius 3 is 2.06 bits per heavy atom. The highest BCUT2D eigenvalue weighted by molar-refractivity contribution is 5.80. The SMILES string of the molecule is O=C(NCc1ccc(NC[C@@](O)(c2cccc(C(F)(F)F)c2)C(F)(F)F)cc1C(F)(F)F)C1CC1. The Morgan fingerprint density at radius 2 is 1.51 bits per heavy atom. The summed E-state index contributed by atoms with van der Waals surface area (Å²) in [5.41, 5.74) is -8.44. The molecule has 2 aromatic rings. The van der Waals surface area contributed by atoms with E-state index in [0.29, 0.717) is 37.1 Å². The molecule has 35 heavy (non-hydrogen) atoms. The molecule has 1 atom stereocenters. The van der Waals surface area contributed by atoms with Crippen LogP contribution in [0.5, 0.6) is 0 Å². The van der Waals surface area contributed by atoms with Gasteiger partial charge in [-0.3, -0.25) is 4.79 Å². The van der Waals surface area contributed by atoms with Crippen molar-refractivity contribution in [1.29, 1.82) is 0 Å². The smallest absolute Gasteiger partial charge is 0.381 e. The second kappa shape index (κ2) is 9.25. The van der Waals surface area contributed by atoms with Gasteiger partial charge in [0.15, 0.2) is 0 Å². The van der Waals surface area contributed by atoms with Crippen molar-refractivity contribution in [1.82, 2.24) is 5.32 Å². The lowest BCUT2D eigenvalue weighted by Crippen LogP contribution is -2.48. The number of anilines is 1. The van der Waals surface area contributed by atoms with E-state index in [1.807, 2.05) is 5.32 Å². The standard InChI is InChI=1S/C22H19F9N2O2/c23-20(24,25)15-3-1-2-14(8-15)19(35,22(29,30)31)11-33-16-7-6-13(17(9-16)21(26,27)28)10-32-18(34)12-4-5-12/h1-3,6-9,12,33,35H,4-5,10-11H2,(H,32,34)/t19-/m1/s1. The third-order valence-electron chi connectivity index (χ3n) is 5.50. The lowest BCUT2D eigenvalue weighted by molar-refractivity contribution is -0.260. The number of amides is 1. The van der Waals surface area contributed by atoms with Crippen molar-refractivity contribution in [2.45, 2.75) is 43.5 Å². The van der Waals surface area contributed by atoms with Crippen molar-refractivity contribution in [3.8, 4) is 0 Å². The monoisotopic (exact) mass is 514 g/mol. The molecule has 1 fully saturated rings. The van der Waals surface area contributed by atoms with Crippen LogP contribution in [0.3, 0.4) is 0 Å². The van der Waals surface area contributed by atoms with Crippen molar-refractivity contribution in [3.05, 3.63) is 64.7 Å². The van der Waals surface area contributed by atoms with Crippen LogP contribution >= 0.6 is 0 Å². The molecular weight excluding hydrogens is 495 g/mol. The van der Waals surface area contributed by atoms with Crippen LogP contribution in [-0.2, 0) is 29.3 Å². The normalized spacial score (nSPS) is 16.5. The van der Waals surface area contributed by atoms with Gasteiger partial charge >= 0.3 is 18.5 Å². The van der Waals surface area contributed by atoms with Crippen LogP contribution in [0.4, 0.5) is 45.2 Å². The summed E-state index contributed by atoms with van der Waals surface area (Å²) in [5, 5.41) is 14.7. The van der Waals surface area contributed by atoms with Crippen molar-refractivity contribution in [2.75, 3.05) is 11.9 Å². The lowest BCUT2D eigenvalue weighted by atomic mass is 9.91. The van der Waals surface area contributed by atoms with Gasteiger partial charge in [-0.05, 0) is 48.2 Å². The molecule has 4 nitrogen and oxygen atoms in total. The third kappa shape index (κ3) is 6.19. The zero-order chi connectivity index (χ0) is 26.2. The van der Waals surface area contributed by atoms with Gasteiger partial charge in [-0.1, -0.05) is 18.2 Å². The minimum atomic E-state index is -5.47. The number of carbonyl (C=O) groups excluding carboxylic acids is 1. The van der Waals surface area contributed by atoms with Crippen molar-refractivity contribution < 1.29 is 49.4 Å². The van der Waals surface area contributed by atoms with Crippen LogP contribution in [0.2, 0.25) is 0 Å². The first-order valence-corrected chi connectivity index (χ1v) is 10.2. The molecule has 1 aliphatic carbocycles. The van der Waals surface area contributed by atoms with Gasteiger partial charge in [-0.15, -0.1) is 0 Å². The molecule has 192 valence electrons. The second-order valence-electron chi connectivity index (χ2n) is 8.15. The summed E-state index contributed by atoms with van der Waals surface area (Å²) >= 11 is 0. The molecule has 2 aromatic carbocycles. The molecule has 0 spiro atoms. The van der Waals surface area contributed by atoms with E-state index in [2.05, 4.69) is 5.32 Å². The van der Waals surface area contributed by atoms with E-state index < -0.39 is 65.5 Å². The van der Waals surface area contributed by atoms with E-state index in [1.165, 1.54) is 0 Å². The Kier molecular flexibility index (Phi) is 7.04. The molecule has 13 heteroatoms. The molecule has 3 N–H and O–H groups in total. The van der Waals surface area contributed by atoms with Gasteiger partial charge in [0.05, 0.1) is 17.7 Å². The first-order chi connectivity index (χ1) is 16.0. The van der Waals surface area contributed by atoms with Gasteiger partial charge in [0.2, 0.25) is 11.5 Å². The zero-order valence-corrected chi connectivity index (χ0v) is 17.7. The highest BCUT2D eigenvalue weighted by Gasteiger charge is 2.55. The molecular formula is C22H19F9N2O2. The maximum atomic E-state index is 13.7. The van der Waals surface area contributed by atoms with Crippen LogP contribution in [-0.4, -0.2) is 23.7 Å². The average Bonchev–Trinajstić information content (AvgIpc) is 3.59. The fourth-order valence-corrected chi connectivity index (χ4v) is 3.33. The van der Waals surface area contributed by atoms with Crippen molar-refractivity contribution in [2.24, 2.45) is 5.92 Å². The van der Waals surface area contributed by atoms with E-state index >= 15 is 0 Å². The number of rotatable bonds is 7. The largest absolute Gasteiger partial charge is 0.423 e. The summed E-state index contributed by atoms with van der Waals surface area (Å²) < 4.78 is 121. The summed E-state index contributed by atoms with van der Waals surface area (Å²) in [6.45, 7) is -1.92. The van der Waals surface area contributed by atoms with Crippen LogP contribution in [0, 0.1) is 5.92 Å². The van der Waals surface area contributed by atoms with E-state index in [9.17, 15) is 49.4 Å². The van der Waals surface area contributed by atoms with Gasteiger partial charge in [-0.25, -0.2) is 0 Å². The number of nitrogens with one attached hydrogen (secondary N) is 2. The van der Waals surface area contributed by atoms with Gasteiger partial charge in [-0.2, -0.15) is 39.5 Å². The van der Waals surface area contributed by atoms with Crippen LogP contribution in [0.15, 0.2) is 42.5 Å². The van der Waals surface area contributed by atoms with Crippen LogP contribution < -0.4 is 10.6 Å². The third-order valence-corrected chi connectivity index (χ3v) is 5.50. The Hall–Kier alpha value is -2.96. The molecule has 0 unspecified atom stereocenters. The van der Waals surface area contributed by atoms with E-state index in [-0.39, 0.29) is 17.5 Å². The maximum Gasteiger partial charge on any atom is 0.423 e. The predicted octanol–water partition coefficient (Wildman–Crippen LogP) is 5.61. The molecule has 0 bridgehead atoms. The molecule has 3 rings (SSSR count). The minimum Gasteiger partial charge on any atom is -0.381 e. The topological polar surface area (TPSA) is 61.4 Å². The highest BCUT2D eigenvalue weighted by Crippen LogP contribution is 2.41. The number of halogens is 9. The second-order valence-corrected chi connectivity index (χ2v) is 8.15. The van der Waals surface area contributed by atoms with Crippen LogP contribution in [0.25, 0.3) is 0 Å². The van der Waals surface area contributed by atoms with Gasteiger partial charge in [0.1, 0.15) is 0 Å². The Balaban J connectivity index is 1.86. The summed E-state index contributed by atoms with van der Waals surface area (Å²) in [5.74, 6) is -0.655. The summed E-state index contributed by atoms with van der Waals surface area (Å²) in [6, 6.07) is 4.43. The van der Waals surface area contributed by atoms with E-state index in [4.69, 9.17) is 0 Å². The average molecular weight is 514 g/mol. The number of carbonyl (C=O) groups is 1. The van der Waals surface area contributed by atoms with Gasteiger partial charge < -0.3 is 15.7 Å². The fraction of sp³-hybridized carbons (Fsp3) is 0.409. The Morgan fingerprint density at radius 1 is 0.886 bits per heavy atom. The number of hydrogen-bond acceptors (Lipinski definition) is 3. The maximum absolute atomic E-state index is 13.7. The quantitative estimate of drug-likeness (QED) is 0.421. The lowest BCUT2D eigenvalue weighted by Gasteiger charge is -2.32. The summed E-state index contributed by atoms with van der Waals surface area (Å²) in [7, 11) is 0. The van der Waals surface area contributed by atoms with Gasteiger partial charge in [0.25, 0.3) is 0 Å². The molecule has 0 heterocycles. The van der Waals surface area contributed by atoms with E-state index in [1.54, 1.807) is 0 Å². The van der Waals surface area contributed by atoms with Crippen molar-refractivity contribution in [3.63, 3.8) is 0 Å². The summed E-state index contributed by atoms with van der Waals surface area (Å²) in [4.78, 5) is 11.7. The number of benzene rings is 2. The molecule has 1 aliphatic rings. The summed E-state index contributed by atoms with van der Waals surface area (Å²) in [6.07, 6.45) is -14.1. The molecule has 1 amide bonds. The Labute approximate surface area is 193 Å². The first-order valence-electron chi connectivity index (χ1n) is 10.2. The van der Waals surface area contributed by atoms with Crippen molar-refractivity contribution >= 4 is 11.6 Å². The molecule has 0 radical (unpaired) electrons. The number of alkyl halides is 9. The van der Waals surface area contributed by atoms with E-state index in [0.717, 1.165) is 12.1 Å². The molecule has 0 aromatic heterocycles. The highest BCUT2D eigenvalue weighted by atomic mass is 19.4.